The molecule has 3 rings (SSSR count). The molecule has 0 radical (unpaired) electrons. The van der Waals surface area contributed by atoms with Crippen LogP contribution < -0.4 is 15.5 Å². The van der Waals surface area contributed by atoms with E-state index in [0.29, 0.717) is 17.4 Å². The summed E-state index contributed by atoms with van der Waals surface area (Å²) in [6, 6.07) is 12.4. The average molecular weight is 392 g/mol. The lowest BCUT2D eigenvalue weighted by molar-refractivity contribution is -0.118. The molecule has 0 bridgehead atoms. The molecule has 1 aliphatic heterocycles. The standard InChI is InChI=1S/C17H15BrFN3O2/c18-11-6-7-14(13(19)10-11)20-17(24)21-15-8-9-22(16(15)23)12-4-2-1-3-5-12/h1-7,10,15H,8-9H2,(H2,20,21,24)/t15-/m0/s1. The molecule has 3 amide bonds. The summed E-state index contributed by atoms with van der Waals surface area (Å²) in [6.45, 7) is 0.528. The van der Waals surface area contributed by atoms with Crippen LogP contribution in [-0.4, -0.2) is 24.5 Å². The first-order valence-electron chi connectivity index (χ1n) is 7.43. The van der Waals surface area contributed by atoms with Crippen molar-refractivity contribution in [3.05, 3.63) is 58.8 Å². The summed E-state index contributed by atoms with van der Waals surface area (Å²) in [5, 5.41) is 5.02. The van der Waals surface area contributed by atoms with Crippen LogP contribution in [0.4, 0.5) is 20.6 Å². The Bertz CT molecular complexity index is 770. The average Bonchev–Trinajstić information content (AvgIpc) is 2.92. The number of urea groups is 1. The number of hydrogen-bond acceptors (Lipinski definition) is 2. The molecule has 0 saturated carbocycles. The summed E-state index contributed by atoms with van der Waals surface area (Å²) >= 11 is 3.15. The zero-order valence-corrected chi connectivity index (χ0v) is 14.2. The normalized spacial score (nSPS) is 17.0. The van der Waals surface area contributed by atoms with E-state index < -0.39 is 17.9 Å². The fourth-order valence-electron chi connectivity index (χ4n) is 2.59. The topological polar surface area (TPSA) is 61.4 Å². The third-order valence-electron chi connectivity index (χ3n) is 3.76. The van der Waals surface area contributed by atoms with E-state index in [-0.39, 0.29) is 11.6 Å². The maximum atomic E-state index is 13.7. The number of hydrogen-bond donors (Lipinski definition) is 2. The molecule has 1 heterocycles. The van der Waals surface area contributed by atoms with Crippen LogP contribution >= 0.6 is 15.9 Å². The van der Waals surface area contributed by atoms with Crippen molar-refractivity contribution in [2.45, 2.75) is 12.5 Å². The lowest BCUT2D eigenvalue weighted by Gasteiger charge is -2.17. The first-order valence-corrected chi connectivity index (χ1v) is 8.23. The van der Waals surface area contributed by atoms with E-state index in [9.17, 15) is 14.0 Å². The van der Waals surface area contributed by atoms with Crippen LogP contribution in [0.1, 0.15) is 6.42 Å². The lowest BCUT2D eigenvalue weighted by Crippen LogP contribution is -2.43. The molecule has 24 heavy (non-hydrogen) atoms. The number of nitrogens with one attached hydrogen (secondary N) is 2. The molecule has 7 heteroatoms. The van der Waals surface area contributed by atoms with Gasteiger partial charge in [0.2, 0.25) is 5.91 Å². The third-order valence-corrected chi connectivity index (χ3v) is 4.25. The van der Waals surface area contributed by atoms with E-state index >= 15 is 0 Å². The van der Waals surface area contributed by atoms with Gasteiger partial charge in [0, 0.05) is 16.7 Å². The Labute approximate surface area is 147 Å². The van der Waals surface area contributed by atoms with Crippen molar-refractivity contribution in [1.82, 2.24) is 5.32 Å². The van der Waals surface area contributed by atoms with Crippen molar-refractivity contribution < 1.29 is 14.0 Å². The van der Waals surface area contributed by atoms with Crippen LogP contribution in [0.3, 0.4) is 0 Å². The van der Waals surface area contributed by atoms with E-state index in [2.05, 4.69) is 26.6 Å². The maximum Gasteiger partial charge on any atom is 0.319 e. The molecule has 1 saturated heterocycles. The van der Waals surface area contributed by atoms with Crippen molar-refractivity contribution in [2.75, 3.05) is 16.8 Å². The predicted octanol–water partition coefficient (Wildman–Crippen LogP) is 3.52. The van der Waals surface area contributed by atoms with Crippen molar-refractivity contribution in [2.24, 2.45) is 0 Å². The Balaban J connectivity index is 1.62. The second-order valence-corrected chi connectivity index (χ2v) is 6.30. The minimum absolute atomic E-state index is 0.0565. The Kier molecular flexibility index (Phi) is 4.80. The molecule has 1 fully saturated rings. The van der Waals surface area contributed by atoms with Gasteiger partial charge in [-0.05, 0) is 36.8 Å². The molecule has 2 N–H and O–H groups in total. The summed E-state index contributed by atoms with van der Waals surface area (Å²) < 4.78 is 14.3. The van der Waals surface area contributed by atoms with Crippen molar-refractivity contribution in [3.63, 3.8) is 0 Å². The van der Waals surface area contributed by atoms with Crippen molar-refractivity contribution in [1.29, 1.82) is 0 Å². The zero-order chi connectivity index (χ0) is 17.1. The molecule has 0 aromatic heterocycles. The molecule has 5 nitrogen and oxygen atoms in total. The second-order valence-electron chi connectivity index (χ2n) is 5.39. The van der Waals surface area contributed by atoms with Gasteiger partial charge in [0.05, 0.1) is 5.69 Å². The predicted molar refractivity (Wildman–Crippen MR) is 93.5 cm³/mol. The van der Waals surface area contributed by atoms with Gasteiger partial charge >= 0.3 is 6.03 Å². The Morgan fingerprint density at radius 3 is 2.67 bits per heavy atom. The Hall–Kier alpha value is -2.41. The number of benzene rings is 2. The van der Waals surface area contributed by atoms with Crippen LogP contribution in [0.5, 0.6) is 0 Å². The van der Waals surface area contributed by atoms with E-state index in [4.69, 9.17) is 0 Å². The van der Waals surface area contributed by atoms with Crippen LogP contribution in [0, 0.1) is 5.82 Å². The van der Waals surface area contributed by atoms with Gasteiger partial charge in [-0.2, -0.15) is 0 Å². The van der Waals surface area contributed by atoms with Crippen LogP contribution in [0.2, 0.25) is 0 Å². The molecule has 2 aromatic carbocycles. The molecule has 0 aliphatic carbocycles. The highest BCUT2D eigenvalue weighted by molar-refractivity contribution is 9.10. The molecular formula is C17H15BrFN3O2. The van der Waals surface area contributed by atoms with Crippen molar-refractivity contribution in [3.8, 4) is 0 Å². The summed E-state index contributed by atoms with van der Waals surface area (Å²) in [6.07, 6.45) is 0.504. The van der Waals surface area contributed by atoms with E-state index in [1.165, 1.54) is 12.1 Å². The van der Waals surface area contributed by atoms with Gasteiger partial charge < -0.3 is 15.5 Å². The minimum atomic E-state index is -0.622. The lowest BCUT2D eigenvalue weighted by atomic mass is 10.2. The summed E-state index contributed by atoms with van der Waals surface area (Å²) in [4.78, 5) is 26.1. The van der Waals surface area contributed by atoms with Crippen LogP contribution in [-0.2, 0) is 4.79 Å². The molecule has 1 aliphatic rings. The zero-order valence-electron chi connectivity index (χ0n) is 12.6. The number of carbonyl (C=O) groups excluding carboxylic acids is 2. The Morgan fingerprint density at radius 1 is 1.21 bits per heavy atom. The maximum absolute atomic E-state index is 13.7. The van der Waals surface area contributed by atoms with Gasteiger partial charge in [-0.15, -0.1) is 0 Å². The van der Waals surface area contributed by atoms with E-state index in [1.54, 1.807) is 11.0 Å². The van der Waals surface area contributed by atoms with Gasteiger partial charge in [-0.1, -0.05) is 34.1 Å². The molecule has 2 aromatic rings. The highest BCUT2D eigenvalue weighted by atomic mass is 79.9. The number of nitrogens with zero attached hydrogens (tertiary/aromatic N) is 1. The monoisotopic (exact) mass is 391 g/mol. The highest BCUT2D eigenvalue weighted by Gasteiger charge is 2.33. The third kappa shape index (κ3) is 3.56. The fraction of sp³-hybridized carbons (Fsp3) is 0.176. The molecule has 124 valence electrons. The molecule has 0 unspecified atom stereocenters. The van der Waals surface area contributed by atoms with Gasteiger partial charge in [-0.3, -0.25) is 4.79 Å². The summed E-state index contributed by atoms with van der Waals surface area (Å²) in [5.41, 5.74) is 0.854. The fourth-order valence-corrected chi connectivity index (χ4v) is 2.92. The number of halogens is 2. The smallest absolute Gasteiger partial charge is 0.319 e. The largest absolute Gasteiger partial charge is 0.326 e. The number of carbonyl (C=O) groups is 2. The van der Waals surface area contributed by atoms with E-state index in [0.717, 1.165) is 5.69 Å². The second kappa shape index (κ2) is 7.00. The number of amides is 3. The van der Waals surface area contributed by atoms with E-state index in [1.807, 2.05) is 30.3 Å². The number of anilines is 2. The van der Waals surface area contributed by atoms with Gasteiger partial charge in [0.1, 0.15) is 11.9 Å². The molecular weight excluding hydrogens is 377 g/mol. The summed E-state index contributed by atoms with van der Waals surface area (Å²) in [7, 11) is 0. The van der Waals surface area contributed by atoms with Crippen LogP contribution in [0.15, 0.2) is 53.0 Å². The Morgan fingerprint density at radius 2 is 1.96 bits per heavy atom. The highest BCUT2D eigenvalue weighted by Crippen LogP contribution is 2.22. The minimum Gasteiger partial charge on any atom is -0.326 e. The molecule has 0 spiro atoms. The SMILES string of the molecule is O=C(Nc1ccc(Br)cc1F)N[C@H]1CCN(c2ccccc2)C1=O. The van der Waals surface area contributed by atoms with Crippen LogP contribution in [0.25, 0.3) is 0 Å². The summed E-state index contributed by atoms with van der Waals surface area (Å²) in [5.74, 6) is -0.726. The van der Waals surface area contributed by atoms with Gasteiger partial charge in [-0.25, -0.2) is 9.18 Å². The van der Waals surface area contributed by atoms with Gasteiger partial charge in [0.15, 0.2) is 0 Å². The van der Waals surface area contributed by atoms with Gasteiger partial charge in [0.25, 0.3) is 0 Å². The quantitative estimate of drug-likeness (QED) is 0.840. The van der Waals surface area contributed by atoms with Crippen molar-refractivity contribution >= 4 is 39.2 Å². The molecule has 1 atom stereocenters. The number of rotatable bonds is 3. The first kappa shape index (κ1) is 16.4. The first-order chi connectivity index (χ1) is 11.5. The number of para-hydroxylation sites is 1.